The van der Waals surface area contributed by atoms with Gasteiger partial charge in [-0.25, -0.2) is 4.98 Å². The number of para-hydroxylation sites is 6. The number of benzene rings is 10. The number of ether oxygens (including phenoxy) is 2. The van der Waals surface area contributed by atoms with Crippen LogP contribution in [-0.4, -0.2) is 25.1 Å². The summed E-state index contributed by atoms with van der Waals surface area (Å²) in [4.78, 5) is 18.5. The average Bonchev–Trinajstić information content (AvgIpc) is 3.50. The van der Waals surface area contributed by atoms with E-state index in [-0.39, 0.29) is 13.4 Å². The highest BCUT2D eigenvalue weighted by atomic mass is 32.2. The fraction of sp³-hybridized carbons (Fsp3) is 0.0580. The Hall–Kier alpha value is -8.76. The zero-order chi connectivity index (χ0) is 53.1. The van der Waals surface area contributed by atoms with Crippen molar-refractivity contribution in [3.8, 4) is 23.0 Å². The molecule has 0 atom stereocenters. The highest BCUT2D eigenvalue weighted by Crippen LogP contribution is 2.53. The zero-order valence-corrected chi connectivity index (χ0v) is 46.0. The normalized spacial score (nSPS) is 14.0. The molecular weight excluding hydrogens is 1010 g/mol. The van der Waals surface area contributed by atoms with Crippen molar-refractivity contribution < 1.29 is 9.47 Å². The van der Waals surface area contributed by atoms with Crippen molar-refractivity contribution >= 4 is 144 Å². The smallest absolute Gasteiger partial charge is 0.263 e. The third-order valence-electron chi connectivity index (χ3n) is 17.3. The predicted octanol–water partition coefficient (Wildman–Crippen LogP) is 12.0. The molecule has 80 heavy (non-hydrogen) atoms. The largest absolute Gasteiger partial charge is 0.459 e. The molecule has 0 bridgehead atoms. The molecule has 0 amide bonds. The first-order valence-corrected chi connectivity index (χ1v) is 29.2. The maximum Gasteiger partial charge on any atom is 0.263 e. The molecule has 11 aromatic rings. The molecule has 6 aliphatic rings. The fourth-order valence-corrected chi connectivity index (χ4v) is 16.5. The van der Waals surface area contributed by atoms with Crippen LogP contribution in [0.5, 0.6) is 23.0 Å². The van der Waals surface area contributed by atoms with Crippen molar-refractivity contribution in [1.82, 2.24) is 4.98 Å². The Kier molecular flexibility index (Phi) is 10.0. The molecule has 0 aliphatic carbocycles. The highest BCUT2D eigenvalue weighted by Gasteiger charge is 2.54. The Morgan fingerprint density at radius 3 is 1.29 bits per heavy atom. The van der Waals surface area contributed by atoms with E-state index in [1.165, 1.54) is 63.5 Å². The number of aromatic nitrogens is 1. The second-order valence-electron chi connectivity index (χ2n) is 21.9. The first kappa shape index (κ1) is 46.2. The number of rotatable bonds is 5. The molecule has 6 nitrogen and oxygen atoms in total. The van der Waals surface area contributed by atoms with Gasteiger partial charge in [-0.15, -0.1) is 0 Å². The van der Waals surface area contributed by atoms with Crippen LogP contribution in [0.2, 0.25) is 0 Å². The predicted molar refractivity (Wildman–Crippen MR) is 335 cm³/mol. The summed E-state index contributed by atoms with van der Waals surface area (Å²) in [6, 6.07) is 77.5. The quantitative estimate of drug-likeness (QED) is 0.158. The van der Waals surface area contributed by atoms with Crippen molar-refractivity contribution in [2.24, 2.45) is 0 Å². The number of nitrogens with zero attached hydrogens (tertiary/aromatic N) is 4. The van der Waals surface area contributed by atoms with Gasteiger partial charge < -0.3 is 14.4 Å². The number of anilines is 9. The van der Waals surface area contributed by atoms with Crippen molar-refractivity contribution in [1.29, 1.82) is 0 Å². The van der Waals surface area contributed by atoms with Crippen LogP contribution in [-0.2, 0) is 0 Å². The van der Waals surface area contributed by atoms with Gasteiger partial charge in [-0.2, -0.15) is 0 Å². The van der Waals surface area contributed by atoms with Gasteiger partial charge in [0.15, 0.2) is 0 Å². The van der Waals surface area contributed by atoms with Gasteiger partial charge in [-0.05, 0) is 149 Å². The molecule has 0 spiro atoms. The molecule has 376 valence electrons. The molecule has 0 saturated heterocycles. The SMILES string of the molecule is Cc1cccc(C)c1N1c2cc(N(c3ccccc3)c3ccccc3)nc3c2B(c2c1cc1c4c2Oc2ccccc2B4c2ccccc2S1)c1c(cc2c4c1Oc1ccccc1B4c1ccccc1S2)N3c1c(C)cccc1C. The Bertz CT molecular complexity index is 4160. The van der Waals surface area contributed by atoms with Crippen molar-refractivity contribution in [3.63, 3.8) is 0 Å². The molecule has 1 aromatic heterocycles. The molecule has 11 heteroatoms. The first-order chi connectivity index (χ1) is 39.4. The third kappa shape index (κ3) is 6.47. The molecule has 7 heterocycles. The van der Waals surface area contributed by atoms with Gasteiger partial charge in [-0.1, -0.05) is 180 Å². The van der Waals surface area contributed by atoms with E-state index in [4.69, 9.17) is 14.5 Å². The van der Waals surface area contributed by atoms with Crippen LogP contribution in [0.25, 0.3) is 0 Å². The third-order valence-corrected chi connectivity index (χ3v) is 19.6. The maximum absolute atomic E-state index is 7.73. The molecule has 6 aliphatic heterocycles. The molecule has 0 N–H and O–H groups in total. The van der Waals surface area contributed by atoms with Crippen LogP contribution >= 0.6 is 23.5 Å². The summed E-state index contributed by atoms with van der Waals surface area (Å²) in [5, 5.41) is 0. The molecule has 17 rings (SSSR count). The Morgan fingerprint density at radius 2 is 0.787 bits per heavy atom. The second-order valence-corrected chi connectivity index (χ2v) is 24.0. The Morgan fingerprint density at radius 1 is 0.375 bits per heavy atom. The van der Waals surface area contributed by atoms with E-state index in [9.17, 15) is 0 Å². The van der Waals surface area contributed by atoms with Crippen LogP contribution in [0.15, 0.2) is 232 Å². The van der Waals surface area contributed by atoms with Gasteiger partial charge >= 0.3 is 0 Å². The molecule has 0 unspecified atom stereocenters. The van der Waals surface area contributed by atoms with Crippen LogP contribution in [0.3, 0.4) is 0 Å². The summed E-state index contributed by atoms with van der Waals surface area (Å²) in [6.45, 7) is 8.49. The van der Waals surface area contributed by atoms with E-state index >= 15 is 0 Å². The number of hydrogen-bond acceptors (Lipinski definition) is 8. The average molecular weight is 1060 g/mol. The van der Waals surface area contributed by atoms with Gasteiger partial charge in [0.1, 0.15) is 34.6 Å². The number of hydrogen-bond donors (Lipinski definition) is 0. The summed E-state index contributed by atoms with van der Waals surface area (Å²) in [5.74, 6) is 5.24. The minimum atomic E-state index is -0.420. The molecule has 0 fully saturated rings. The van der Waals surface area contributed by atoms with Crippen LogP contribution in [0.4, 0.5) is 51.4 Å². The summed E-state index contributed by atoms with van der Waals surface area (Å²) in [6.07, 6.45) is 0. The maximum atomic E-state index is 7.73. The van der Waals surface area contributed by atoms with E-state index in [1.807, 2.05) is 23.5 Å². The van der Waals surface area contributed by atoms with Crippen molar-refractivity contribution in [3.05, 3.63) is 235 Å². The van der Waals surface area contributed by atoms with E-state index in [0.29, 0.717) is 0 Å². The summed E-state index contributed by atoms with van der Waals surface area (Å²) in [5.41, 5.74) is 22.8. The minimum absolute atomic E-state index is 0.0514. The lowest BCUT2D eigenvalue weighted by atomic mass is 9.29. The Balaban J connectivity index is 1.07. The summed E-state index contributed by atoms with van der Waals surface area (Å²) < 4.78 is 15.5. The number of pyridine rings is 1. The summed E-state index contributed by atoms with van der Waals surface area (Å²) >= 11 is 3.71. The zero-order valence-electron chi connectivity index (χ0n) is 44.4. The molecule has 0 radical (unpaired) electrons. The van der Waals surface area contributed by atoms with Crippen molar-refractivity contribution in [2.75, 3.05) is 14.7 Å². The lowest BCUT2D eigenvalue weighted by Crippen LogP contribution is -2.67. The van der Waals surface area contributed by atoms with E-state index in [0.717, 1.165) is 102 Å². The second kappa shape index (κ2) is 17.4. The van der Waals surface area contributed by atoms with E-state index in [1.54, 1.807) is 0 Å². The van der Waals surface area contributed by atoms with Crippen LogP contribution < -0.4 is 73.3 Å². The molecular formula is C69H47B3N4O2S2. The van der Waals surface area contributed by atoms with Gasteiger partial charge in [0.2, 0.25) is 0 Å². The van der Waals surface area contributed by atoms with Crippen LogP contribution in [0, 0.1) is 27.7 Å². The topological polar surface area (TPSA) is 41.1 Å². The lowest BCUT2D eigenvalue weighted by Gasteiger charge is -2.48. The first-order valence-electron chi connectivity index (χ1n) is 27.5. The highest BCUT2D eigenvalue weighted by molar-refractivity contribution is 8.00. The molecule has 10 aromatic carbocycles. The summed E-state index contributed by atoms with van der Waals surface area (Å²) in [7, 11) is 0. The number of fused-ring (bicyclic) bond motifs is 14. The standard InChI is InChI=1S/C69H47B3N4O2S2/c1-40-21-19-22-41(2)65(40)75-50-37-57-63-67(77-53-33-15-11-29-46(53)70(63)48-31-13-17-35-55(48)79-57)60(50)72-61-51(38-58-64-68(61)78-54-34-16-12-30-47(54)71(64)49-32-14-18-36-56(49)80-58)76(66-42(3)23-20-24-43(66)4)69-62(72)52(75)39-59(73-69)74(44-25-7-5-8-26-44)45-27-9-6-10-28-45/h5-39H,1-4H3. The van der Waals surface area contributed by atoms with Gasteiger partial charge in [0, 0.05) is 54.1 Å². The van der Waals surface area contributed by atoms with Crippen molar-refractivity contribution in [2.45, 2.75) is 47.3 Å². The van der Waals surface area contributed by atoms with E-state index in [2.05, 4.69) is 255 Å². The monoisotopic (exact) mass is 1060 g/mol. The number of aryl methyl sites for hydroxylation is 4. The Labute approximate surface area is 475 Å². The minimum Gasteiger partial charge on any atom is -0.459 e. The van der Waals surface area contributed by atoms with Gasteiger partial charge in [-0.3, -0.25) is 9.80 Å². The van der Waals surface area contributed by atoms with E-state index < -0.39 is 6.71 Å². The fourth-order valence-electron chi connectivity index (χ4n) is 14.1. The van der Waals surface area contributed by atoms with Gasteiger partial charge in [0.05, 0.1) is 11.4 Å². The lowest BCUT2D eigenvalue weighted by molar-refractivity contribution is 0.489. The van der Waals surface area contributed by atoms with Gasteiger partial charge in [0.25, 0.3) is 20.1 Å². The molecule has 0 saturated carbocycles. The van der Waals surface area contributed by atoms with Crippen LogP contribution in [0.1, 0.15) is 22.3 Å².